The van der Waals surface area contributed by atoms with Gasteiger partial charge in [0.25, 0.3) is 0 Å². The fourth-order valence-corrected chi connectivity index (χ4v) is 1.28. The Balaban J connectivity index is 2.63. The van der Waals surface area contributed by atoms with Gasteiger partial charge in [0.05, 0.1) is 0 Å². The minimum absolute atomic E-state index is 0.0485. The maximum atomic E-state index is 11.4. The number of benzene rings is 1. The molecule has 1 unspecified atom stereocenters. The molecule has 1 atom stereocenters. The van der Waals surface area contributed by atoms with Crippen molar-refractivity contribution in [2.75, 3.05) is 6.61 Å². The van der Waals surface area contributed by atoms with E-state index in [0.29, 0.717) is 12.0 Å². The van der Waals surface area contributed by atoms with Gasteiger partial charge >= 0.3 is 5.97 Å². The molecule has 0 radical (unpaired) electrons. The van der Waals surface area contributed by atoms with E-state index in [0.717, 1.165) is 4.47 Å². The zero-order chi connectivity index (χ0) is 12.7. The van der Waals surface area contributed by atoms with Crippen molar-refractivity contribution in [3.63, 3.8) is 0 Å². The van der Waals surface area contributed by atoms with Crippen molar-refractivity contribution in [2.45, 2.75) is 6.10 Å². The zero-order valence-corrected chi connectivity index (χ0v) is 10.6. The number of hydrogen-bond donors (Lipinski definition) is 0. The summed E-state index contributed by atoms with van der Waals surface area (Å²) in [5, 5.41) is 0. The van der Waals surface area contributed by atoms with E-state index in [1.54, 1.807) is 24.3 Å². The lowest BCUT2D eigenvalue weighted by atomic mass is 10.3. The van der Waals surface area contributed by atoms with E-state index in [-0.39, 0.29) is 6.61 Å². The number of aldehydes is 1. The third-order valence-corrected chi connectivity index (χ3v) is 2.30. The molecule has 0 aromatic heterocycles. The molecule has 1 aromatic rings. The Kier molecular flexibility index (Phi) is 5.42. The largest absolute Gasteiger partial charge is 0.471 e. The van der Waals surface area contributed by atoms with E-state index in [2.05, 4.69) is 22.5 Å². The van der Waals surface area contributed by atoms with Crippen LogP contribution in [0.3, 0.4) is 0 Å². The van der Waals surface area contributed by atoms with Crippen molar-refractivity contribution in [3.8, 4) is 5.75 Å². The highest BCUT2D eigenvalue weighted by Gasteiger charge is 2.20. The first-order chi connectivity index (χ1) is 8.17. The molecule has 17 heavy (non-hydrogen) atoms. The number of carbonyl (C=O) groups is 2. The molecule has 0 aliphatic rings. The molecule has 0 amide bonds. The van der Waals surface area contributed by atoms with E-state index < -0.39 is 12.1 Å². The van der Waals surface area contributed by atoms with Gasteiger partial charge in [-0.1, -0.05) is 28.6 Å². The Hall–Kier alpha value is -1.62. The van der Waals surface area contributed by atoms with Crippen LogP contribution in [-0.4, -0.2) is 25.0 Å². The second-order valence-corrected chi connectivity index (χ2v) is 3.96. The molecule has 4 nitrogen and oxygen atoms in total. The Bertz CT molecular complexity index is 399. The van der Waals surface area contributed by atoms with Crippen LogP contribution in [0, 0.1) is 0 Å². The summed E-state index contributed by atoms with van der Waals surface area (Å²) in [6, 6.07) is 6.77. The zero-order valence-electron chi connectivity index (χ0n) is 8.97. The molecule has 0 N–H and O–H groups in total. The molecule has 1 aromatic carbocycles. The molecule has 0 fully saturated rings. The molecule has 0 bridgehead atoms. The first-order valence-electron chi connectivity index (χ1n) is 4.82. The summed E-state index contributed by atoms with van der Waals surface area (Å²) < 4.78 is 10.8. The van der Waals surface area contributed by atoms with Gasteiger partial charge in [-0.05, 0) is 24.3 Å². The topological polar surface area (TPSA) is 52.6 Å². The lowest BCUT2D eigenvalue weighted by Crippen LogP contribution is -2.30. The van der Waals surface area contributed by atoms with Crippen LogP contribution in [0.15, 0.2) is 41.4 Å². The SMILES string of the molecule is C=CCOC(=O)C(C=O)Oc1ccc(Br)cc1. The van der Waals surface area contributed by atoms with Crippen LogP contribution in [0.5, 0.6) is 5.75 Å². The van der Waals surface area contributed by atoms with Gasteiger partial charge in [-0.25, -0.2) is 4.79 Å². The lowest BCUT2D eigenvalue weighted by Gasteiger charge is -2.12. The number of halogens is 1. The average Bonchev–Trinajstić information content (AvgIpc) is 2.35. The summed E-state index contributed by atoms with van der Waals surface area (Å²) >= 11 is 3.26. The molecule has 90 valence electrons. The molecule has 0 aliphatic heterocycles. The number of hydrogen-bond acceptors (Lipinski definition) is 4. The van der Waals surface area contributed by atoms with Gasteiger partial charge in [0.15, 0.2) is 6.29 Å². The van der Waals surface area contributed by atoms with Crippen LogP contribution in [0.1, 0.15) is 0 Å². The van der Waals surface area contributed by atoms with Crippen molar-refractivity contribution in [1.82, 2.24) is 0 Å². The summed E-state index contributed by atoms with van der Waals surface area (Å²) in [5.74, 6) is -0.316. The molecular formula is C12H11BrO4. The van der Waals surface area contributed by atoms with Crippen LogP contribution in [0.2, 0.25) is 0 Å². The third kappa shape index (κ3) is 4.40. The Morgan fingerprint density at radius 1 is 1.41 bits per heavy atom. The summed E-state index contributed by atoms with van der Waals surface area (Å²) in [6.45, 7) is 3.45. The molecule has 0 saturated heterocycles. The highest BCUT2D eigenvalue weighted by atomic mass is 79.9. The quantitative estimate of drug-likeness (QED) is 0.349. The second-order valence-electron chi connectivity index (χ2n) is 3.05. The monoisotopic (exact) mass is 298 g/mol. The Morgan fingerprint density at radius 3 is 2.59 bits per heavy atom. The van der Waals surface area contributed by atoms with Crippen molar-refractivity contribution in [2.24, 2.45) is 0 Å². The lowest BCUT2D eigenvalue weighted by molar-refractivity contribution is -0.152. The standard InChI is InChI=1S/C12H11BrO4/c1-2-7-16-12(15)11(8-14)17-10-5-3-9(13)4-6-10/h2-6,8,11H,1,7H2. The van der Waals surface area contributed by atoms with Crippen molar-refractivity contribution >= 4 is 28.2 Å². The van der Waals surface area contributed by atoms with E-state index in [1.807, 2.05) is 0 Å². The van der Waals surface area contributed by atoms with E-state index in [9.17, 15) is 9.59 Å². The van der Waals surface area contributed by atoms with Gasteiger partial charge in [-0.2, -0.15) is 0 Å². The predicted molar refractivity (Wildman–Crippen MR) is 65.8 cm³/mol. The highest BCUT2D eigenvalue weighted by Crippen LogP contribution is 2.17. The number of ether oxygens (including phenoxy) is 2. The second kappa shape index (κ2) is 6.85. The van der Waals surface area contributed by atoms with Crippen LogP contribution >= 0.6 is 15.9 Å². The van der Waals surface area contributed by atoms with Gasteiger partial charge in [-0.3, -0.25) is 4.79 Å². The summed E-state index contributed by atoms with van der Waals surface area (Å²) in [7, 11) is 0. The minimum Gasteiger partial charge on any atom is -0.471 e. The smallest absolute Gasteiger partial charge is 0.355 e. The minimum atomic E-state index is -1.25. The van der Waals surface area contributed by atoms with Gasteiger partial charge in [0.1, 0.15) is 12.4 Å². The molecule has 0 saturated carbocycles. The van der Waals surface area contributed by atoms with Crippen LogP contribution in [0.4, 0.5) is 0 Å². The summed E-state index contributed by atoms with van der Waals surface area (Å²) in [5.41, 5.74) is 0. The number of rotatable bonds is 6. The van der Waals surface area contributed by atoms with E-state index >= 15 is 0 Å². The van der Waals surface area contributed by atoms with Crippen molar-refractivity contribution in [3.05, 3.63) is 41.4 Å². The molecule has 0 heterocycles. The number of carbonyl (C=O) groups excluding carboxylic acids is 2. The van der Waals surface area contributed by atoms with Gasteiger partial charge in [-0.15, -0.1) is 0 Å². The first-order valence-corrected chi connectivity index (χ1v) is 5.61. The van der Waals surface area contributed by atoms with E-state index in [1.165, 1.54) is 6.08 Å². The van der Waals surface area contributed by atoms with Crippen LogP contribution in [-0.2, 0) is 14.3 Å². The summed E-state index contributed by atoms with van der Waals surface area (Å²) in [4.78, 5) is 22.1. The maximum Gasteiger partial charge on any atom is 0.355 e. The highest BCUT2D eigenvalue weighted by molar-refractivity contribution is 9.10. The molecule has 5 heteroatoms. The first kappa shape index (κ1) is 13.4. The number of esters is 1. The van der Waals surface area contributed by atoms with Crippen molar-refractivity contribution in [1.29, 1.82) is 0 Å². The maximum absolute atomic E-state index is 11.4. The summed E-state index contributed by atoms with van der Waals surface area (Å²) in [6.07, 6.45) is 0.559. The van der Waals surface area contributed by atoms with Crippen LogP contribution in [0.25, 0.3) is 0 Å². The van der Waals surface area contributed by atoms with Crippen LogP contribution < -0.4 is 4.74 Å². The van der Waals surface area contributed by atoms with E-state index in [4.69, 9.17) is 9.47 Å². The Morgan fingerprint density at radius 2 is 2.06 bits per heavy atom. The third-order valence-electron chi connectivity index (χ3n) is 1.78. The van der Waals surface area contributed by atoms with Gasteiger partial charge in [0.2, 0.25) is 6.10 Å². The van der Waals surface area contributed by atoms with Gasteiger partial charge < -0.3 is 9.47 Å². The molecule has 1 rings (SSSR count). The fourth-order valence-electron chi connectivity index (χ4n) is 1.01. The average molecular weight is 299 g/mol. The fraction of sp³-hybridized carbons (Fsp3) is 0.167. The van der Waals surface area contributed by atoms with Crippen molar-refractivity contribution < 1.29 is 19.1 Å². The van der Waals surface area contributed by atoms with Gasteiger partial charge in [0, 0.05) is 4.47 Å². The Labute approximate surface area is 107 Å². The molecule has 0 aliphatic carbocycles. The predicted octanol–water partition coefficient (Wildman–Crippen LogP) is 2.12. The molecular weight excluding hydrogens is 288 g/mol. The normalized spacial score (nSPS) is 11.4. The molecule has 0 spiro atoms.